The molecule has 1 atom stereocenters. The lowest BCUT2D eigenvalue weighted by atomic mass is 9.98. The standard InChI is InChI=1S/C15H16FN3O2S/c16-13-4-1-3-11(9-13)12-6-8-19(10-12)15-14(22(17,20)21)5-2-7-18-15/h1-5,7,9,12H,6,8,10H2,(H2,17,20,21). The highest BCUT2D eigenvalue weighted by Gasteiger charge is 2.28. The van der Waals surface area contributed by atoms with Crippen molar-refractivity contribution in [2.45, 2.75) is 17.2 Å². The molecule has 0 radical (unpaired) electrons. The first kappa shape index (κ1) is 14.9. The first-order valence-corrected chi connectivity index (χ1v) is 8.48. The van der Waals surface area contributed by atoms with E-state index in [0.29, 0.717) is 18.9 Å². The summed E-state index contributed by atoms with van der Waals surface area (Å²) in [5.74, 6) is 0.244. The van der Waals surface area contributed by atoms with E-state index in [1.165, 1.54) is 18.2 Å². The van der Waals surface area contributed by atoms with Gasteiger partial charge in [-0.15, -0.1) is 0 Å². The van der Waals surface area contributed by atoms with Crippen LogP contribution in [0.1, 0.15) is 17.9 Å². The Morgan fingerprint density at radius 3 is 2.82 bits per heavy atom. The van der Waals surface area contributed by atoms with Crippen LogP contribution in [0.25, 0.3) is 0 Å². The van der Waals surface area contributed by atoms with Crippen molar-refractivity contribution in [3.63, 3.8) is 0 Å². The molecule has 2 aromatic rings. The number of aromatic nitrogens is 1. The Bertz CT molecular complexity index is 795. The van der Waals surface area contributed by atoms with E-state index in [1.807, 2.05) is 11.0 Å². The van der Waals surface area contributed by atoms with Crippen LogP contribution >= 0.6 is 0 Å². The molecule has 0 spiro atoms. The molecule has 0 bridgehead atoms. The van der Waals surface area contributed by atoms with E-state index in [-0.39, 0.29) is 16.6 Å². The molecule has 1 unspecified atom stereocenters. The molecule has 116 valence electrons. The van der Waals surface area contributed by atoms with Crippen LogP contribution in [0.4, 0.5) is 10.2 Å². The summed E-state index contributed by atoms with van der Waals surface area (Å²) in [6, 6.07) is 9.50. The van der Waals surface area contributed by atoms with Crippen LogP contribution in [0.2, 0.25) is 0 Å². The number of sulfonamides is 1. The summed E-state index contributed by atoms with van der Waals surface area (Å²) in [5.41, 5.74) is 0.913. The van der Waals surface area contributed by atoms with Gasteiger partial charge >= 0.3 is 0 Å². The molecule has 1 aromatic heterocycles. The number of pyridine rings is 1. The lowest BCUT2D eigenvalue weighted by Gasteiger charge is -2.19. The van der Waals surface area contributed by atoms with Crippen molar-refractivity contribution in [2.24, 2.45) is 5.14 Å². The summed E-state index contributed by atoms with van der Waals surface area (Å²) in [4.78, 5) is 6.07. The predicted molar refractivity (Wildman–Crippen MR) is 81.6 cm³/mol. The van der Waals surface area contributed by atoms with Gasteiger partial charge in [0.1, 0.15) is 16.5 Å². The Labute approximate surface area is 128 Å². The van der Waals surface area contributed by atoms with Crippen LogP contribution in [0, 0.1) is 5.82 Å². The van der Waals surface area contributed by atoms with E-state index >= 15 is 0 Å². The number of nitrogens with two attached hydrogens (primary N) is 1. The average molecular weight is 321 g/mol. The molecule has 2 N–H and O–H groups in total. The third kappa shape index (κ3) is 2.95. The maximum absolute atomic E-state index is 13.3. The average Bonchev–Trinajstić information content (AvgIpc) is 2.96. The monoisotopic (exact) mass is 321 g/mol. The molecular weight excluding hydrogens is 305 g/mol. The van der Waals surface area contributed by atoms with E-state index < -0.39 is 10.0 Å². The number of nitrogens with zero attached hydrogens (tertiary/aromatic N) is 2. The van der Waals surface area contributed by atoms with E-state index in [4.69, 9.17) is 5.14 Å². The summed E-state index contributed by atoms with van der Waals surface area (Å²) < 4.78 is 36.7. The zero-order valence-corrected chi connectivity index (χ0v) is 12.6. The Hall–Kier alpha value is -1.99. The molecule has 1 aliphatic rings. The molecule has 0 aliphatic carbocycles. The van der Waals surface area contributed by atoms with Crippen molar-refractivity contribution >= 4 is 15.8 Å². The van der Waals surface area contributed by atoms with Gasteiger partial charge in [0.2, 0.25) is 10.0 Å². The SMILES string of the molecule is NS(=O)(=O)c1cccnc1N1CCC(c2cccc(F)c2)C1. The Balaban J connectivity index is 1.88. The first-order chi connectivity index (χ1) is 10.4. The number of benzene rings is 1. The minimum absolute atomic E-state index is 0.0230. The second-order valence-corrected chi connectivity index (χ2v) is 6.89. The second-order valence-electron chi connectivity index (χ2n) is 5.36. The summed E-state index contributed by atoms with van der Waals surface area (Å²) >= 11 is 0. The van der Waals surface area contributed by atoms with Crippen molar-refractivity contribution in [3.05, 3.63) is 54.0 Å². The van der Waals surface area contributed by atoms with Crippen molar-refractivity contribution in [1.29, 1.82) is 0 Å². The van der Waals surface area contributed by atoms with Gasteiger partial charge in [0.15, 0.2) is 0 Å². The third-order valence-electron chi connectivity index (χ3n) is 3.87. The topological polar surface area (TPSA) is 76.3 Å². The Morgan fingerprint density at radius 1 is 1.27 bits per heavy atom. The number of hydrogen-bond acceptors (Lipinski definition) is 4. The van der Waals surface area contributed by atoms with Gasteiger partial charge in [0, 0.05) is 25.2 Å². The lowest BCUT2D eigenvalue weighted by Crippen LogP contribution is -2.25. The minimum atomic E-state index is -3.82. The van der Waals surface area contributed by atoms with Crippen LogP contribution in [-0.2, 0) is 10.0 Å². The van der Waals surface area contributed by atoms with Crippen LogP contribution in [-0.4, -0.2) is 26.5 Å². The van der Waals surface area contributed by atoms with Gasteiger partial charge in [-0.25, -0.2) is 22.9 Å². The number of halogens is 1. The molecule has 7 heteroatoms. The number of rotatable bonds is 3. The van der Waals surface area contributed by atoms with Gasteiger partial charge in [0.25, 0.3) is 0 Å². The van der Waals surface area contributed by atoms with Crippen LogP contribution in [0.5, 0.6) is 0 Å². The summed E-state index contributed by atoms with van der Waals surface area (Å²) in [7, 11) is -3.82. The lowest BCUT2D eigenvalue weighted by molar-refractivity contribution is 0.597. The molecule has 1 aliphatic heterocycles. The molecule has 1 fully saturated rings. The predicted octanol–water partition coefficient (Wildman–Crippen LogP) is 1.86. The van der Waals surface area contributed by atoms with Crippen molar-refractivity contribution in [1.82, 2.24) is 4.98 Å². The summed E-state index contributed by atoms with van der Waals surface area (Å²) in [6.07, 6.45) is 2.35. The Kier molecular flexibility index (Phi) is 3.84. The molecule has 1 saturated heterocycles. The van der Waals surface area contributed by atoms with Gasteiger partial charge in [-0.05, 0) is 36.2 Å². The quantitative estimate of drug-likeness (QED) is 0.936. The molecule has 1 aromatic carbocycles. The van der Waals surface area contributed by atoms with E-state index in [9.17, 15) is 12.8 Å². The van der Waals surface area contributed by atoms with Crippen LogP contribution in [0.15, 0.2) is 47.5 Å². The van der Waals surface area contributed by atoms with Gasteiger partial charge in [0.05, 0.1) is 0 Å². The van der Waals surface area contributed by atoms with Crippen LogP contribution in [0.3, 0.4) is 0 Å². The van der Waals surface area contributed by atoms with Crippen LogP contribution < -0.4 is 10.0 Å². The summed E-state index contributed by atoms with van der Waals surface area (Å²) in [5, 5.41) is 5.25. The van der Waals surface area contributed by atoms with Crippen molar-refractivity contribution in [3.8, 4) is 0 Å². The molecule has 0 amide bonds. The Morgan fingerprint density at radius 2 is 2.09 bits per heavy atom. The smallest absolute Gasteiger partial charge is 0.241 e. The number of hydrogen-bond donors (Lipinski definition) is 1. The fourth-order valence-corrected chi connectivity index (χ4v) is 3.53. The molecular formula is C15H16FN3O2S. The van der Waals surface area contributed by atoms with Gasteiger partial charge < -0.3 is 4.90 Å². The zero-order valence-electron chi connectivity index (χ0n) is 11.8. The maximum atomic E-state index is 13.3. The largest absolute Gasteiger partial charge is 0.355 e. The van der Waals surface area contributed by atoms with Crippen molar-refractivity contribution < 1.29 is 12.8 Å². The van der Waals surface area contributed by atoms with E-state index in [2.05, 4.69) is 4.98 Å². The second kappa shape index (κ2) is 5.66. The van der Waals surface area contributed by atoms with E-state index in [1.54, 1.807) is 18.3 Å². The highest BCUT2D eigenvalue weighted by atomic mass is 32.2. The normalized spacial score (nSPS) is 18.6. The minimum Gasteiger partial charge on any atom is -0.355 e. The highest BCUT2D eigenvalue weighted by molar-refractivity contribution is 7.89. The first-order valence-electron chi connectivity index (χ1n) is 6.93. The summed E-state index contributed by atoms with van der Waals surface area (Å²) in [6.45, 7) is 1.24. The number of anilines is 1. The van der Waals surface area contributed by atoms with Gasteiger partial charge in [-0.1, -0.05) is 12.1 Å². The molecule has 3 rings (SSSR count). The maximum Gasteiger partial charge on any atom is 0.241 e. The van der Waals surface area contributed by atoms with Gasteiger partial charge in [-0.3, -0.25) is 0 Å². The number of primary sulfonamides is 1. The third-order valence-corrected chi connectivity index (χ3v) is 4.80. The zero-order chi connectivity index (χ0) is 15.7. The fourth-order valence-electron chi connectivity index (χ4n) is 2.83. The molecule has 0 saturated carbocycles. The van der Waals surface area contributed by atoms with E-state index in [0.717, 1.165) is 12.0 Å². The van der Waals surface area contributed by atoms with Gasteiger partial charge in [-0.2, -0.15) is 0 Å². The molecule has 22 heavy (non-hydrogen) atoms. The molecule has 2 heterocycles. The fraction of sp³-hybridized carbons (Fsp3) is 0.267. The molecule has 5 nitrogen and oxygen atoms in total. The van der Waals surface area contributed by atoms with Crippen molar-refractivity contribution in [2.75, 3.05) is 18.0 Å². The highest BCUT2D eigenvalue weighted by Crippen LogP contribution is 2.32.